The molecule has 0 saturated heterocycles. The molecule has 1 aliphatic carbocycles. The molecule has 10 nitrogen and oxygen atoms in total. The van der Waals surface area contributed by atoms with E-state index in [2.05, 4.69) is 25.7 Å². The highest BCUT2D eigenvalue weighted by Gasteiger charge is 2.32. The summed E-state index contributed by atoms with van der Waals surface area (Å²) in [4.78, 5) is 20.6. The molecule has 1 aliphatic rings. The zero-order chi connectivity index (χ0) is 25.6. The van der Waals surface area contributed by atoms with Gasteiger partial charge in [0, 0.05) is 24.8 Å². The number of anilines is 1. The summed E-state index contributed by atoms with van der Waals surface area (Å²) < 4.78 is 38.2. The maximum absolute atomic E-state index is 15.3. The molecule has 0 bridgehead atoms. The van der Waals surface area contributed by atoms with Crippen LogP contribution in [0.4, 0.5) is 14.7 Å². The molecule has 12 heteroatoms. The summed E-state index contributed by atoms with van der Waals surface area (Å²) in [6.07, 6.45) is 7.41. The van der Waals surface area contributed by atoms with Crippen molar-refractivity contribution < 1.29 is 23.4 Å². The molecule has 0 spiro atoms. The van der Waals surface area contributed by atoms with Crippen LogP contribution >= 0.6 is 0 Å². The molecule has 1 fully saturated rings. The smallest absolute Gasteiger partial charge is 0.269 e. The third-order valence-electron chi connectivity index (χ3n) is 6.96. The maximum atomic E-state index is 15.3. The number of nitrogens with one attached hydrogen (secondary N) is 2. The van der Waals surface area contributed by atoms with Crippen LogP contribution in [0.5, 0.6) is 5.88 Å². The lowest BCUT2D eigenvalue weighted by Gasteiger charge is -2.35. The number of pyridine rings is 1. The van der Waals surface area contributed by atoms with Gasteiger partial charge in [-0.15, -0.1) is 5.10 Å². The predicted octanol–water partition coefficient (Wildman–Crippen LogP) is 3.19. The minimum absolute atomic E-state index is 0.0291. The third kappa shape index (κ3) is 4.00. The number of hydrogen-bond donors (Lipinski definition) is 3. The molecule has 1 amide bonds. The second-order valence-corrected chi connectivity index (χ2v) is 9.08. The molecule has 0 radical (unpaired) electrons. The average Bonchev–Trinajstić information content (AvgIpc) is 3.45. The number of methoxy groups -OCH3 is 1. The largest absolute Gasteiger partial charge is 0.479 e. The number of hydrogen-bond acceptors (Lipinski definition) is 7. The van der Waals surface area contributed by atoms with Crippen LogP contribution in [0.1, 0.15) is 49.5 Å². The summed E-state index contributed by atoms with van der Waals surface area (Å²) in [6.45, 7) is 1.98. The Bertz CT molecular complexity index is 1460. The topological polar surface area (TPSA) is 118 Å². The lowest BCUT2D eigenvalue weighted by molar-refractivity contribution is -0.00199. The highest BCUT2D eigenvalue weighted by Crippen LogP contribution is 2.36. The van der Waals surface area contributed by atoms with Gasteiger partial charge >= 0.3 is 0 Å². The zero-order valence-corrected chi connectivity index (χ0v) is 20.2. The number of fused-ring (bicyclic) bond motifs is 2. The molecule has 1 saturated carbocycles. The van der Waals surface area contributed by atoms with E-state index in [4.69, 9.17) is 4.74 Å². The first-order valence-corrected chi connectivity index (χ1v) is 11.8. The molecular weight excluding hydrogens is 472 g/mol. The number of aromatic nitrogens is 5. The van der Waals surface area contributed by atoms with Crippen LogP contribution < -0.4 is 15.4 Å². The van der Waals surface area contributed by atoms with Gasteiger partial charge in [0.15, 0.2) is 17.3 Å². The molecule has 0 atom stereocenters. The molecular formula is C24H27F2N7O3. The van der Waals surface area contributed by atoms with Crippen molar-refractivity contribution in [1.29, 1.82) is 0 Å². The number of halogens is 2. The van der Waals surface area contributed by atoms with Gasteiger partial charge < -0.3 is 20.5 Å². The van der Waals surface area contributed by atoms with Gasteiger partial charge in [-0.2, -0.15) is 4.98 Å². The van der Waals surface area contributed by atoms with E-state index in [1.807, 2.05) is 6.92 Å². The minimum Gasteiger partial charge on any atom is -0.479 e. The highest BCUT2D eigenvalue weighted by atomic mass is 19.1. The van der Waals surface area contributed by atoms with Crippen LogP contribution in [0.2, 0.25) is 0 Å². The third-order valence-corrected chi connectivity index (χ3v) is 6.96. The fourth-order valence-electron chi connectivity index (χ4n) is 4.81. The summed E-state index contributed by atoms with van der Waals surface area (Å²) in [7, 11) is 2.86. The molecule has 4 aromatic rings. The van der Waals surface area contributed by atoms with Crippen molar-refractivity contribution in [2.24, 2.45) is 0 Å². The van der Waals surface area contributed by atoms with Gasteiger partial charge in [-0.1, -0.05) is 6.92 Å². The Labute approximate surface area is 205 Å². The first-order chi connectivity index (χ1) is 17.3. The first-order valence-electron chi connectivity index (χ1n) is 11.8. The summed E-state index contributed by atoms with van der Waals surface area (Å²) in [5, 5.41) is 20.6. The number of ether oxygens (including phenoxy) is 1. The number of aliphatic hydroxyl groups is 1. The second kappa shape index (κ2) is 9.01. The van der Waals surface area contributed by atoms with E-state index in [9.17, 15) is 14.3 Å². The number of imidazole rings is 1. The van der Waals surface area contributed by atoms with Crippen molar-refractivity contribution in [2.45, 2.75) is 50.7 Å². The van der Waals surface area contributed by atoms with Crippen LogP contribution in [0, 0.1) is 11.6 Å². The van der Waals surface area contributed by atoms with Crippen molar-refractivity contribution in [1.82, 2.24) is 29.3 Å². The van der Waals surface area contributed by atoms with E-state index in [0.717, 1.165) is 18.9 Å². The average molecular weight is 500 g/mol. The standard InChI is InChI=1S/C24H27F2N7O3/c1-4-24(35)7-5-14(6-8-24)29-23-30-22(36-3)19-18(16(26)12-33(19)31-23)13-9-15(25)20-28-10-17(21(34)27-2)32(20)11-13/h9-12,14,35H,4-8H2,1-3H3,(H,27,34)(H,29,31). The van der Waals surface area contributed by atoms with E-state index >= 15 is 4.39 Å². The summed E-state index contributed by atoms with van der Waals surface area (Å²) in [5.41, 5.74) is -0.182. The Kier molecular flexibility index (Phi) is 5.99. The monoisotopic (exact) mass is 499 g/mol. The Morgan fingerprint density at radius 3 is 2.69 bits per heavy atom. The van der Waals surface area contributed by atoms with Crippen molar-refractivity contribution >= 4 is 23.0 Å². The van der Waals surface area contributed by atoms with Crippen LogP contribution in [-0.2, 0) is 0 Å². The van der Waals surface area contributed by atoms with Gasteiger partial charge in [0.25, 0.3) is 5.91 Å². The lowest BCUT2D eigenvalue weighted by Crippen LogP contribution is -2.38. The summed E-state index contributed by atoms with van der Waals surface area (Å²) >= 11 is 0. The van der Waals surface area contributed by atoms with Crippen LogP contribution in [0.3, 0.4) is 0 Å². The number of rotatable bonds is 6. The quantitative estimate of drug-likeness (QED) is 0.373. The van der Waals surface area contributed by atoms with Gasteiger partial charge in [-0.25, -0.2) is 18.3 Å². The molecule has 190 valence electrons. The molecule has 4 aromatic heterocycles. The summed E-state index contributed by atoms with van der Waals surface area (Å²) in [6, 6.07) is 1.20. The van der Waals surface area contributed by atoms with Gasteiger partial charge in [0.1, 0.15) is 11.2 Å². The molecule has 0 unspecified atom stereocenters. The van der Waals surface area contributed by atoms with Crippen molar-refractivity contribution in [2.75, 3.05) is 19.5 Å². The Hall–Kier alpha value is -3.80. The summed E-state index contributed by atoms with van der Waals surface area (Å²) in [5.74, 6) is -1.48. The molecule has 0 aromatic carbocycles. The highest BCUT2D eigenvalue weighted by molar-refractivity contribution is 5.93. The van der Waals surface area contributed by atoms with Gasteiger partial charge in [-0.3, -0.25) is 9.20 Å². The van der Waals surface area contributed by atoms with Crippen LogP contribution in [-0.4, -0.2) is 60.8 Å². The molecule has 5 rings (SSSR count). The zero-order valence-electron chi connectivity index (χ0n) is 20.2. The number of nitrogens with zero attached hydrogens (tertiary/aromatic N) is 5. The van der Waals surface area contributed by atoms with E-state index in [1.165, 1.54) is 41.7 Å². The number of carbonyl (C=O) groups is 1. The van der Waals surface area contributed by atoms with Gasteiger partial charge in [-0.05, 0) is 38.2 Å². The van der Waals surface area contributed by atoms with Crippen molar-refractivity contribution in [3.8, 4) is 17.0 Å². The Morgan fingerprint density at radius 2 is 2.03 bits per heavy atom. The Balaban J connectivity index is 1.55. The van der Waals surface area contributed by atoms with Gasteiger partial charge in [0.05, 0.1) is 30.7 Å². The van der Waals surface area contributed by atoms with Crippen LogP contribution in [0.25, 0.3) is 22.3 Å². The fraction of sp³-hybridized carbons (Fsp3) is 0.417. The lowest BCUT2D eigenvalue weighted by atomic mass is 9.80. The molecule has 36 heavy (non-hydrogen) atoms. The molecule has 0 aliphatic heterocycles. The van der Waals surface area contributed by atoms with E-state index < -0.39 is 23.1 Å². The second-order valence-electron chi connectivity index (χ2n) is 9.08. The van der Waals surface area contributed by atoms with Crippen molar-refractivity contribution in [3.63, 3.8) is 0 Å². The number of carbonyl (C=O) groups excluding carboxylic acids is 1. The normalized spacial score (nSPS) is 20.1. The SMILES string of the molecule is CCC1(O)CCC(Nc2nc(OC)c3c(-c4cc(F)c5ncc(C(=O)NC)n5c4)c(F)cn3n2)CC1. The van der Waals surface area contributed by atoms with Crippen LogP contribution in [0.15, 0.2) is 24.7 Å². The predicted molar refractivity (Wildman–Crippen MR) is 128 cm³/mol. The van der Waals surface area contributed by atoms with E-state index in [1.54, 1.807) is 0 Å². The first kappa shape index (κ1) is 23.9. The minimum atomic E-state index is -0.719. The van der Waals surface area contributed by atoms with Crippen molar-refractivity contribution in [3.05, 3.63) is 42.0 Å². The van der Waals surface area contributed by atoms with E-state index in [-0.39, 0.29) is 45.9 Å². The molecule has 4 heterocycles. The van der Waals surface area contributed by atoms with Gasteiger partial charge in [0.2, 0.25) is 11.8 Å². The Morgan fingerprint density at radius 1 is 1.28 bits per heavy atom. The fourth-order valence-corrected chi connectivity index (χ4v) is 4.81. The van der Waals surface area contributed by atoms with E-state index in [0.29, 0.717) is 19.3 Å². The maximum Gasteiger partial charge on any atom is 0.269 e. The molecule has 3 N–H and O–H groups in total. The number of amides is 1.